The standard InChI is InChI=1S/C72H74Cl3N9O14S2/c1-9-72(2,81-59-58(67(92)68(59)93)76-48-30-27-45(73)51(60(48)85)71(94)82(3)4)44-20-14-18-40(35-44)36-21-23-38(24-22-36)53(80-57-55(64(89)66(57)91)78-50-32-29-47(75)70(62(50)87)100(97,98)84(7)8)42-19-13-17-39(33-42)41-25-26-43(34-41)52(37-15-11-10-12-16-37)79-56-54(63(88)65(56)90)77-49-31-28-46(74)69(61(49)86)99(95,96)83(5)6/h10-20,27-33,35-36,38,41,43,52-53,76-81,85-87H,9,21-26,34H2,1-8H3/t36?,38?,41?,43?,52-,53+,72?/m0/s1. The summed E-state index contributed by atoms with van der Waals surface area (Å²) < 4.78 is 55.0. The highest BCUT2D eigenvalue weighted by atomic mass is 35.5. The first-order chi connectivity index (χ1) is 47.3. The van der Waals surface area contributed by atoms with Crippen molar-refractivity contribution in [3.8, 4) is 17.2 Å². The third-order valence-electron chi connectivity index (χ3n) is 19.7. The number of rotatable bonds is 25. The second-order valence-electron chi connectivity index (χ2n) is 26.4. The highest BCUT2D eigenvalue weighted by Gasteiger charge is 2.40. The highest BCUT2D eigenvalue weighted by molar-refractivity contribution is 7.89. The van der Waals surface area contributed by atoms with E-state index < -0.39 is 103 Å². The Morgan fingerprint density at radius 2 is 0.920 bits per heavy atom. The SMILES string of the molecule is CCC(C)(Nc1c(Nc2ccc(Cl)c(C(=O)N(C)C)c2O)c(=O)c1=O)c1cccc(C2CCC([C@@H](Nc3c(Nc4ccc(Cl)c(S(=O)(=O)N(C)C)c4O)c(=O)c3=O)c3cccc(C4CCC([C@@H](Nc5c(Nc6ccc(Cl)c(S(=O)(=O)N(C)C)c6O)c(=O)c5=O)c5ccccc5)C4)c3)CC2)c1. The van der Waals surface area contributed by atoms with Gasteiger partial charge in [-0.05, 0) is 146 Å². The molecule has 11 rings (SSSR count). The number of anilines is 9. The molecular formula is C72H74Cl3N9O14S2. The van der Waals surface area contributed by atoms with Gasteiger partial charge in [-0.3, -0.25) is 33.6 Å². The molecule has 9 aromatic rings. The van der Waals surface area contributed by atoms with Gasteiger partial charge >= 0.3 is 0 Å². The number of amides is 1. The van der Waals surface area contributed by atoms with Gasteiger partial charge in [0.15, 0.2) is 17.2 Å². The summed E-state index contributed by atoms with van der Waals surface area (Å²) in [6, 6.07) is 32.3. The predicted octanol–water partition coefficient (Wildman–Crippen LogP) is 11.6. The number of aromatic hydroxyl groups is 3. The van der Waals surface area contributed by atoms with Crippen molar-refractivity contribution in [2.24, 2.45) is 11.8 Å². The lowest BCUT2D eigenvalue weighted by atomic mass is 9.73. The molecule has 0 heterocycles. The van der Waals surface area contributed by atoms with Crippen LogP contribution in [-0.2, 0) is 25.6 Å². The summed E-state index contributed by atoms with van der Waals surface area (Å²) in [5.74, 6) is -2.86. The van der Waals surface area contributed by atoms with Crippen LogP contribution in [0, 0.1) is 11.8 Å². The molecule has 9 N–H and O–H groups in total. The summed E-state index contributed by atoms with van der Waals surface area (Å²) in [5.41, 5.74) is -2.55. The number of benzene rings is 6. The predicted molar refractivity (Wildman–Crippen MR) is 391 cm³/mol. The normalized spacial score (nSPS) is 17.9. The molecule has 0 bridgehead atoms. The molecule has 100 heavy (non-hydrogen) atoms. The van der Waals surface area contributed by atoms with Gasteiger partial charge in [0.1, 0.15) is 49.5 Å². The van der Waals surface area contributed by atoms with Gasteiger partial charge in [0.2, 0.25) is 20.0 Å². The fourth-order valence-electron chi connectivity index (χ4n) is 13.7. The summed E-state index contributed by atoms with van der Waals surface area (Å²) in [7, 11) is -0.466. The van der Waals surface area contributed by atoms with E-state index in [0.29, 0.717) is 51.4 Å². The minimum absolute atomic E-state index is 0.00248. The van der Waals surface area contributed by atoms with Crippen molar-refractivity contribution in [3.63, 3.8) is 0 Å². The molecule has 0 aliphatic heterocycles. The number of nitrogens with zero attached hydrogens (tertiary/aromatic N) is 3. The lowest BCUT2D eigenvalue weighted by molar-refractivity contribution is 0.0824. The Morgan fingerprint density at radius 3 is 1.42 bits per heavy atom. The first kappa shape index (κ1) is 72.2. The summed E-state index contributed by atoms with van der Waals surface area (Å²) in [5, 5.41) is 52.1. The topological polar surface area (TPSA) is 330 Å². The lowest BCUT2D eigenvalue weighted by Gasteiger charge is -2.37. The Hall–Kier alpha value is -9.08. The molecule has 0 aromatic heterocycles. The zero-order chi connectivity index (χ0) is 72.4. The van der Waals surface area contributed by atoms with Gasteiger partial charge in [0, 0.05) is 42.3 Å². The Kier molecular flexibility index (Phi) is 20.3. The molecule has 0 saturated heterocycles. The Bertz CT molecular complexity index is 5180. The van der Waals surface area contributed by atoms with Gasteiger partial charge in [-0.15, -0.1) is 0 Å². The van der Waals surface area contributed by atoms with Crippen LogP contribution in [0.15, 0.2) is 154 Å². The molecule has 23 nitrogen and oxygen atoms in total. The largest absolute Gasteiger partial charge is 0.505 e. The molecule has 9 aromatic carbocycles. The summed E-state index contributed by atoms with van der Waals surface area (Å²) in [6.07, 6.45) is 5.04. The van der Waals surface area contributed by atoms with Crippen LogP contribution in [0.2, 0.25) is 15.1 Å². The minimum atomic E-state index is -4.30. The van der Waals surface area contributed by atoms with E-state index in [9.17, 15) is 65.7 Å². The van der Waals surface area contributed by atoms with Crippen LogP contribution in [0.1, 0.15) is 127 Å². The molecule has 524 valence electrons. The number of carbonyl (C=O) groups excluding carboxylic acids is 1. The van der Waals surface area contributed by atoms with Crippen molar-refractivity contribution in [2.45, 2.75) is 104 Å². The smallest absolute Gasteiger partial charge is 0.258 e. The number of sulfonamides is 2. The van der Waals surface area contributed by atoms with Crippen molar-refractivity contribution in [1.29, 1.82) is 0 Å². The van der Waals surface area contributed by atoms with Gasteiger partial charge in [0.05, 0.1) is 49.8 Å². The zero-order valence-electron chi connectivity index (χ0n) is 55.7. The number of phenols is 3. The van der Waals surface area contributed by atoms with Crippen LogP contribution >= 0.6 is 34.8 Å². The monoisotopic (exact) mass is 1460 g/mol. The maximum absolute atomic E-state index is 13.9. The highest BCUT2D eigenvalue weighted by Crippen LogP contribution is 2.50. The molecule has 0 spiro atoms. The molecule has 2 aliphatic rings. The van der Waals surface area contributed by atoms with Gasteiger partial charge < -0.3 is 52.1 Å². The van der Waals surface area contributed by atoms with Crippen molar-refractivity contribution < 1.29 is 36.9 Å². The second kappa shape index (κ2) is 28.2. The second-order valence-corrected chi connectivity index (χ2v) is 31.8. The van der Waals surface area contributed by atoms with E-state index in [0.717, 1.165) is 36.4 Å². The molecular weight excluding hydrogens is 1390 g/mol. The van der Waals surface area contributed by atoms with Crippen LogP contribution in [0.5, 0.6) is 17.2 Å². The van der Waals surface area contributed by atoms with E-state index in [-0.39, 0.29) is 95.5 Å². The van der Waals surface area contributed by atoms with Gasteiger partial charge in [-0.25, -0.2) is 25.4 Å². The van der Waals surface area contributed by atoms with Crippen molar-refractivity contribution >= 4 is 112 Å². The Balaban J connectivity index is 0.872. The average molecular weight is 1460 g/mol. The van der Waals surface area contributed by atoms with Crippen LogP contribution in [0.25, 0.3) is 0 Å². The van der Waals surface area contributed by atoms with Crippen molar-refractivity contribution in [3.05, 3.63) is 225 Å². The van der Waals surface area contributed by atoms with Gasteiger partial charge in [-0.2, -0.15) is 0 Å². The molecule has 28 heteroatoms. The third-order valence-corrected chi connectivity index (χ3v) is 24.6. The number of halogens is 3. The fraction of sp³-hybridized carbons (Fsp3) is 0.319. The number of phenolic OH excluding ortho intramolecular Hbond substituents is 3. The number of hydrogen-bond donors (Lipinski definition) is 9. The molecule has 0 radical (unpaired) electrons. The summed E-state index contributed by atoms with van der Waals surface area (Å²) >= 11 is 19.0. The third kappa shape index (κ3) is 13.3. The van der Waals surface area contributed by atoms with E-state index in [1.165, 1.54) is 83.6 Å². The minimum Gasteiger partial charge on any atom is -0.505 e. The maximum atomic E-state index is 13.9. The Labute approximate surface area is 591 Å². The van der Waals surface area contributed by atoms with E-state index >= 15 is 0 Å². The van der Waals surface area contributed by atoms with Crippen LogP contribution < -0.4 is 64.5 Å². The van der Waals surface area contributed by atoms with Gasteiger partial charge in [0.25, 0.3) is 38.5 Å². The van der Waals surface area contributed by atoms with Crippen LogP contribution in [0.4, 0.5) is 51.2 Å². The summed E-state index contributed by atoms with van der Waals surface area (Å²) in [6.45, 7) is 3.86. The molecule has 3 unspecified atom stereocenters. The number of nitrogens with one attached hydrogen (secondary N) is 6. The quantitative estimate of drug-likeness (QED) is 0.0190. The number of hydrogen-bond acceptors (Lipinski definition) is 20. The fourth-order valence-corrected chi connectivity index (χ4v) is 16.9. The number of carbonyl (C=O) groups is 1. The molecule has 2 fully saturated rings. The molecule has 2 saturated carbocycles. The van der Waals surface area contributed by atoms with E-state index in [1.54, 1.807) is 0 Å². The zero-order valence-corrected chi connectivity index (χ0v) is 59.6. The van der Waals surface area contributed by atoms with Crippen LogP contribution in [-0.4, -0.2) is 93.9 Å². The van der Waals surface area contributed by atoms with Gasteiger partial charge in [-0.1, -0.05) is 121 Å². The van der Waals surface area contributed by atoms with E-state index in [1.807, 2.05) is 80.6 Å². The Morgan fingerprint density at radius 1 is 0.500 bits per heavy atom. The molecule has 1 amide bonds. The molecule has 5 atom stereocenters. The molecule has 2 aliphatic carbocycles. The van der Waals surface area contributed by atoms with Crippen molar-refractivity contribution in [2.75, 3.05) is 74.2 Å². The lowest BCUT2D eigenvalue weighted by Crippen LogP contribution is -2.42. The summed E-state index contributed by atoms with van der Waals surface area (Å²) in [4.78, 5) is 94.1. The van der Waals surface area contributed by atoms with E-state index in [4.69, 9.17) is 34.8 Å². The van der Waals surface area contributed by atoms with E-state index in [2.05, 4.69) is 44.0 Å². The maximum Gasteiger partial charge on any atom is 0.258 e. The average Bonchev–Trinajstić information content (AvgIpc) is 1.60. The van der Waals surface area contributed by atoms with Crippen LogP contribution in [0.3, 0.4) is 0 Å². The first-order valence-corrected chi connectivity index (χ1v) is 36.3. The first-order valence-electron chi connectivity index (χ1n) is 32.3. The van der Waals surface area contributed by atoms with Crippen molar-refractivity contribution in [1.82, 2.24) is 13.5 Å².